The van der Waals surface area contributed by atoms with Crippen molar-refractivity contribution in [3.05, 3.63) is 29.8 Å². The third-order valence-corrected chi connectivity index (χ3v) is 8.43. The molecule has 0 aromatic heterocycles. The standard InChI is InChI=1S/C20H32N4O2S2/c1-20(2)16-23(12-13-27-20)19(21-3)22-15-17-8-7-9-18(14-17)28(25,26)24-10-5-4-6-11-24/h7-9,14H,4-6,10-13,15-16H2,1-3H3,(H,21,22). The van der Waals surface area contributed by atoms with Crippen LogP contribution >= 0.6 is 11.8 Å². The van der Waals surface area contributed by atoms with E-state index in [4.69, 9.17) is 0 Å². The molecule has 0 atom stereocenters. The van der Waals surface area contributed by atoms with Gasteiger partial charge in [-0.25, -0.2) is 8.42 Å². The van der Waals surface area contributed by atoms with E-state index in [0.29, 0.717) is 24.5 Å². The second-order valence-electron chi connectivity index (χ2n) is 8.04. The number of aliphatic imine (C=N–C) groups is 1. The zero-order valence-electron chi connectivity index (χ0n) is 17.1. The predicted octanol–water partition coefficient (Wildman–Crippen LogP) is 2.76. The fourth-order valence-corrected chi connectivity index (χ4v) is 6.48. The first-order valence-corrected chi connectivity index (χ1v) is 12.4. The number of guanidine groups is 1. The molecule has 2 fully saturated rings. The molecule has 156 valence electrons. The normalized spacial score (nSPS) is 21.5. The summed E-state index contributed by atoms with van der Waals surface area (Å²) in [6.07, 6.45) is 3.00. The van der Waals surface area contributed by atoms with Gasteiger partial charge in [-0.15, -0.1) is 0 Å². The molecular formula is C20H32N4O2S2. The molecule has 8 heteroatoms. The fraction of sp³-hybridized carbons (Fsp3) is 0.650. The molecule has 28 heavy (non-hydrogen) atoms. The maximum absolute atomic E-state index is 12.9. The lowest BCUT2D eigenvalue weighted by Gasteiger charge is -2.39. The largest absolute Gasteiger partial charge is 0.352 e. The quantitative estimate of drug-likeness (QED) is 0.595. The van der Waals surface area contributed by atoms with Gasteiger partial charge in [0.25, 0.3) is 0 Å². The molecular weight excluding hydrogens is 392 g/mol. The number of sulfonamides is 1. The van der Waals surface area contributed by atoms with E-state index in [0.717, 1.165) is 49.6 Å². The minimum Gasteiger partial charge on any atom is -0.352 e. The lowest BCUT2D eigenvalue weighted by molar-refractivity contribution is 0.346. The number of nitrogens with zero attached hydrogens (tertiary/aromatic N) is 3. The summed E-state index contributed by atoms with van der Waals surface area (Å²) in [5.74, 6) is 1.95. The molecule has 0 aliphatic carbocycles. The number of rotatable bonds is 4. The van der Waals surface area contributed by atoms with E-state index in [1.807, 2.05) is 23.9 Å². The van der Waals surface area contributed by atoms with Crippen LogP contribution in [0.4, 0.5) is 0 Å². The Morgan fingerprint density at radius 3 is 2.64 bits per heavy atom. The summed E-state index contributed by atoms with van der Waals surface area (Å²) in [6.45, 7) is 8.23. The molecule has 1 aromatic rings. The van der Waals surface area contributed by atoms with Crippen LogP contribution in [0.3, 0.4) is 0 Å². The highest BCUT2D eigenvalue weighted by molar-refractivity contribution is 8.00. The molecule has 0 radical (unpaired) electrons. The van der Waals surface area contributed by atoms with Crippen LogP contribution in [0.5, 0.6) is 0 Å². The molecule has 2 aliphatic rings. The maximum Gasteiger partial charge on any atom is 0.243 e. The average molecular weight is 425 g/mol. The van der Waals surface area contributed by atoms with Gasteiger partial charge in [-0.2, -0.15) is 16.1 Å². The zero-order chi connectivity index (χ0) is 20.2. The van der Waals surface area contributed by atoms with Crippen molar-refractivity contribution in [1.29, 1.82) is 0 Å². The summed E-state index contributed by atoms with van der Waals surface area (Å²) in [4.78, 5) is 7.10. The van der Waals surface area contributed by atoms with Gasteiger partial charge in [-0.05, 0) is 44.4 Å². The van der Waals surface area contributed by atoms with Crippen LogP contribution < -0.4 is 5.32 Å². The van der Waals surface area contributed by atoms with Gasteiger partial charge in [-0.1, -0.05) is 18.6 Å². The van der Waals surface area contributed by atoms with E-state index < -0.39 is 10.0 Å². The molecule has 2 aliphatic heterocycles. The van der Waals surface area contributed by atoms with Crippen molar-refractivity contribution >= 4 is 27.7 Å². The maximum atomic E-state index is 12.9. The van der Waals surface area contributed by atoms with Gasteiger partial charge in [0.1, 0.15) is 0 Å². The van der Waals surface area contributed by atoms with Gasteiger partial charge in [0.15, 0.2) is 5.96 Å². The van der Waals surface area contributed by atoms with E-state index in [2.05, 4.69) is 29.1 Å². The van der Waals surface area contributed by atoms with Crippen LogP contribution in [0.2, 0.25) is 0 Å². The smallest absolute Gasteiger partial charge is 0.243 e. The van der Waals surface area contributed by atoms with Crippen molar-refractivity contribution in [3.8, 4) is 0 Å². The number of benzene rings is 1. The van der Waals surface area contributed by atoms with E-state index in [-0.39, 0.29) is 4.75 Å². The van der Waals surface area contributed by atoms with Crippen LogP contribution in [0.1, 0.15) is 38.7 Å². The summed E-state index contributed by atoms with van der Waals surface area (Å²) in [7, 11) is -1.60. The first-order chi connectivity index (χ1) is 13.3. The van der Waals surface area contributed by atoms with Crippen molar-refractivity contribution in [2.24, 2.45) is 4.99 Å². The fourth-order valence-electron chi connectivity index (χ4n) is 3.78. The van der Waals surface area contributed by atoms with Crippen molar-refractivity contribution in [1.82, 2.24) is 14.5 Å². The van der Waals surface area contributed by atoms with Crippen LogP contribution in [-0.4, -0.2) is 67.3 Å². The molecule has 6 nitrogen and oxygen atoms in total. The van der Waals surface area contributed by atoms with Crippen molar-refractivity contribution in [2.75, 3.05) is 39.0 Å². The molecule has 3 rings (SSSR count). The Morgan fingerprint density at radius 2 is 1.96 bits per heavy atom. The van der Waals surface area contributed by atoms with E-state index in [9.17, 15) is 8.42 Å². The summed E-state index contributed by atoms with van der Waals surface area (Å²) in [5.41, 5.74) is 0.949. The molecule has 0 amide bonds. The van der Waals surface area contributed by atoms with Gasteiger partial charge < -0.3 is 10.2 Å². The number of hydrogen-bond donors (Lipinski definition) is 1. The summed E-state index contributed by atoms with van der Waals surface area (Å²) in [5, 5.41) is 3.41. The highest BCUT2D eigenvalue weighted by Crippen LogP contribution is 2.29. The molecule has 0 spiro atoms. The molecule has 0 saturated carbocycles. The molecule has 1 N–H and O–H groups in total. The highest BCUT2D eigenvalue weighted by Gasteiger charge is 2.29. The topological polar surface area (TPSA) is 65.0 Å². The van der Waals surface area contributed by atoms with Crippen molar-refractivity contribution in [3.63, 3.8) is 0 Å². The SMILES string of the molecule is CN=C(NCc1cccc(S(=O)(=O)N2CCCCC2)c1)N1CCSC(C)(C)C1. The molecule has 0 bridgehead atoms. The Bertz CT molecular complexity index is 802. The first kappa shape index (κ1) is 21.5. The summed E-state index contributed by atoms with van der Waals surface area (Å²) < 4.78 is 27.7. The molecule has 1 aromatic carbocycles. The minimum atomic E-state index is -3.40. The second-order valence-corrected chi connectivity index (χ2v) is 11.8. The second kappa shape index (κ2) is 9.05. The van der Waals surface area contributed by atoms with Crippen LogP contribution in [-0.2, 0) is 16.6 Å². The first-order valence-electron chi connectivity index (χ1n) is 10.0. The van der Waals surface area contributed by atoms with Crippen molar-refractivity contribution < 1.29 is 8.42 Å². The monoisotopic (exact) mass is 424 g/mol. The Hall–Kier alpha value is -1.25. The Kier molecular flexibility index (Phi) is 6.94. The lowest BCUT2D eigenvalue weighted by atomic mass is 10.2. The van der Waals surface area contributed by atoms with Gasteiger partial charge in [0.2, 0.25) is 10.0 Å². The van der Waals surface area contributed by atoms with E-state index in [1.54, 1.807) is 23.5 Å². The van der Waals surface area contributed by atoms with Crippen LogP contribution in [0.15, 0.2) is 34.2 Å². The average Bonchev–Trinajstić information content (AvgIpc) is 2.69. The third-order valence-electron chi connectivity index (χ3n) is 5.24. The number of hydrogen-bond acceptors (Lipinski definition) is 4. The number of nitrogens with one attached hydrogen (secondary N) is 1. The van der Waals surface area contributed by atoms with E-state index >= 15 is 0 Å². The Morgan fingerprint density at radius 1 is 1.21 bits per heavy atom. The Balaban J connectivity index is 1.67. The minimum absolute atomic E-state index is 0.207. The highest BCUT2D eigenvalue weighted by atomic mass is 32.2. The number of thioether (sulfide) groups is 1. The summed E-state index contributed by atoms with van der Waals surface area (Å²) >= 11 is 1.99. The van der Waals surface area contributed by atoms with Gasteiger partial charge in [0.05, 0.1) is 4.90 Å². The van der Waals surface area contributed by atoms with Gasteiger partial charge in [0, 0.05) is 50.3 Å². The third kappa shape index (κ3) is 5.21. The molecule has 0 unspecified atom stereocenters. The molecule has 2 saturated heterocycles. The summed E-state index contributed by atoms with van der Waals surface area (Å²) in [6, 6.07) is 7.29. The van der Waals surface area contributed by atoms with Crippen LogP contribution in [0.25, 0.3) is 0 Å². The van der Waals surface area contributed by atoms with Gasteiger partial charge in [-0.3, -0.25) is 4.99 Å². The molecule has 2 heterocycles. The number of piperidine rings is 1. The lowest BCUT2D eigenvalue weighted by Crippen LogP contribution is -2.50. The zero-order valence-corrected chi connectivity index (χ0v) is 18.8. The Labute approximate surface area is 173 Å². The van der Waals surface area contributed by atoms with Crippen molar-refractivity contribution in [2.45, 2.75) is 49.3 Å². The van der Waals surface area contributed by atoms with E-state index in [1.165, 1.54) is 0 Å². The predicted molar refractivity (Wildman–Crippen MR) is 117 cm³/mol. The van der Waals surface area contributed by atoms with Gasteiger partial charge >= 0.3 is 0 Å². The van der Waals surface area contributed by atoms with Crippen LogP contribution in [0, 0.1) is 0 Å².